The lowest BCUT2D eigenvalue weighted by atomic mass is 10.0. The van der Waals surface area contributed by atoms with E-state index in [4.69, 9.17) is 15.3 Å². The summed E-state index contributed by atoms with van der Waals surface area (Å²) in [5.74, 6) is 6.49. The highest BCUT2D eigenvalue weighted by molar-refractivity contribution is 5.30. The maximum absolute atomic E-state index is 5.68. The number of benzene rings is 1. The summed E-state index contributed by atoms with van der Waals surface area (Å²) in [5, 5.41) is 0. The van der Waals surface area contributed by atoms with Crippen molar-refractivity contribution < 1.29 is 9.47 Å². The van der Waals surface area contributed by atoms with Crippen molar-refractivity contribution >= 4 is 0 Å². The fourth-order valence-corrected chi connectivity index (χ4v) is 1.85. The zero-order chi connectivity index (χ0) is 13.4. The van der Waals surface area contributed by atoms with Gasteiger partial charge in [0.1, 0.15) is 5.75 Å². The maximum Gasteiger partial charge on any atom is 0.120 e. The largest absolute Gasteiger partial charge is 0.491 e. The number of nitrogens with one attached hydrogen (secondary N) is 1. The highest BCUT2D eigenvalue weighted by Crippen LogP contribution is 2.22. The number of hydrogen-bond donors (Lipinski definition) is 2. The first-order valence-electron chi connectivity index (χ1n) is 6.39. The second-order valence-electron chi connectivity index (χ2n) is 4.59. The molecule has 1 unspecified atom stereocenters. The van der Waals surface area contributed by atoms with Gasteiger partial charge in [-0.25, -0.2) is 0 Å². The topological polar surface area (TPSA) is 56.5 Å². The minimum Gasteiger partial charge on any atom is -0.491 e. The van der Waals surface area contributed by atoms with E-state index in [-0.39, 0.29) is 12.1 Å². The van der Waals surface area contributed by atoms with Gasteiger partial charge >= 0.3 is 0 Å². The van der Waals surface area contributed by atoms with Crippen LogP contribution in [-0.2, 0) is 4.74 Å². The number of hydrazine groups is 1. The van der Waals surface area contributed by atoms with Crippen molar-refractivity contribution in [1.82, 2.24) is 5.43 Å². The third kappa shape index (κ3) is 5.04. The van der Waals surface area contributed by atoms with Crippen LogP contribution < -0.4 is 16.0 Å². The Morgan fingerprint density at radius 1 is 1.33 bits per heavy atom. The van der Waals surface area contributed by atoms with Crippen LogP contribution in [0.15, 0.2) is 24.3 Å². The molecule has 0 saturated heterocycles. The lowest BCUT2D eigenvalue weighted by Gasteiger charge is -2.18. The van der Waals surface area contributed by atoms with Crippen LogP contribution in [0.4, 0.5) is 0 Å². The van der Waals surface area contributed by atoms with Crippen LogP contribution >= 0.6 is 0 Å². The van der Waals surface area contributed by atoms with Crippen molar-refractivity contribution in [1.29, 1.82) is 0 Å². The van der Waals surface area contributed by atoms with Crippen LogP contribution in [0, 0.1) is 0 Å². The third-order valence-corrected chi connectivity index (χ3v) is 2.67. The predicted molar refractivity (Wildman–Crippen MR) is 73.4 cm³/mol. The quantitative estimate of drug-likeness (QED) is 0.424. The molecule has 0 heterocycles. The molecular formula is C14H24N2O2. The van der Waals surface area contributed by atoms with Gasteiger partial charge in [0, 0.05) is 19.8 Å². The molecule has 4 nitrogen and oxygen atoms in total. The minimum atomic E-state index is 0.135. The highest BCUT2D eigenvalue weighted by atomic mass is 16.5. The van der Waals surface area contributed by atoms with Crippen molar-refractivity contribution in [3.05, 3.63) is 29.8 Å². The average Bonchev–Trinajstić information content (AvgIpc) is 2.34. The molecule has 1 aromatic rings. The number of methoxy groups -OCH3 is 1. The van der Waals surface area contributed by atoms with Gasteiger partial charge < -0.3 is 9.47 Å². The van der Waals surface area contributed by atoms with Crippen LogP contribution in [0.3, 0.4) is 0 Å². The van der Waals surface area contributed by atoms with Crippen molar-refractivity contribution in [2.45, 2.75) is 38.8 Å². The predicted octanol–water partition coefficient (Wildman–Crippen LogP) is 2.40. The number of rotatable bonds is 8. The molecular weight excluding hydrogens is 228 g/mol. The van der Waals surface area contributed by atoms with Crippen LogP contribution in [-0.4, -0.2) is 19.8 Å². The van der Waals surface area contributed by atoms with E-state index in [9.17, 15) is 0 Å². The smallest absolute Gasteiger partial charge is 0.120 e. The Labute approximate surface area is 109 Å². The van der Waals surface area contributed by atoms with E-state index in [0.717, 1.165) is 30.8 Å². The summed E-state index contributed by atoms with van der Waals surface area (Å²) in [6.07, 6.45) is 2.09. The Hall–Kier alpha value is -1.10. The summed E-state index contributed by atoms with van der Waals surface area (Å²) < 4.78 is 10.7. The maximum atomic E-state index is 5.68. The highest BCUT2D eigenvalue weighted by Gasteiger charge is 2.10. The van der Waals surface area contributed by atoms with Crippen molar-refractivity contribution in [3.8, 4) is 5.75 Å². The molecule has 3 N–H and O–H groups in total. The van der Waals surface area contributed by atoms with Gasteiger partial charge in [-0.3, -0.25) is 11.3 Å². The van der Waals surface area contributed by atoms with Gasteiger partial charge in [-0.15, -0.1) is 0 Å². The SMILES string of the molecule is COCCCC(NN)c1cccc(OC(C)C)c1. The van der Waals surface area contributed by atoms with Crippen molar-refractivity contribution in [2.75, 3.05) is 13.7 Å². The zero-order valence-corrected chi connectivity index (χ0v) is 11.5. The molecule has 0 aliphatic heterocycles. The summed E-state index contributed by atoms with van der Waals surface area (Å²) in [5.41, 5.74) is 3.99. The zero-order valence-electron chi connectivity index (χ0n) is 11.5. The van der Waals surface area contributed by atoms with E-state index in [1.165, 1.54) is 0 Å². The molecule has 0 spiro atoms. The monoisotopic (exact) mass is 252 g/mol. The lowest BCUT2D eigenvalue weighted by molar-refractivity contribution is 0.188. The first kappa shape index (κ1) is 15.0. The Kier molecular flexibility index (Phi) is 6.72. The molecule has 0 amide bonds. The van der Waals surface area contributed by atoms with Crippen LogP contribution in [0.1, 0.15) is 38.3 Å². The van der Waals surface area contributed by atoms with E-state index >= 15 is 0 Å². The Morgan fingerprint density at radius 2 is 2.11 bits per heavy atom. The standard InChI is InChI=1S/C14H24N2O2/c1-11(2)18-13-7-4-6-12(10-13)14(16-15)8-5-9-17-3/h4,6-7,10-11,14,16H,5,8-9,15H2,1-3H3. The van der Waals surface area contributed by atoms with E-state index < -0.39 is 0 Å². The summed E-state index contributed by atoms with van der Waals surface area (Å²) in [7, 11) is 1.71. The van der Waals surface area contributed by atoms with E-state index in [2.05, 4.69) is 11.5 Å². The molecule has 0 aliphatic carbocycles. The summed E-state index contributed by atoms with van der Waals surface area (Å²) >= 11 is 0. The van der Waals surface area contributed by atoms with Gasteiger partial charge in [0.05, 0.1) is 6.10 Å². The molecule has 0 fully saturated rings. The molecule has 1 rings (SSSR count). The van der Waals surface area contributed by atoms with E-state index in [1.54, 1.807) is 7.11 Å². The fraction of sp³-hybridized carbons (Fsp3) is 0.571. The number of hydrogen-bond acceptors (Lipinski definition) is 4. The molecule has 1 aromatic carbocycles. The van der Waals surface area contributed by atoms with Crippen LogP contribution in [0.5, 0.6) is 5.75 Å². The molecule has 0 radical (unpaired) electrons. The molecule has 102 valence electrons. The molecule has 0 aromatic heterocycles. The summed E-state index contributed by atoms with van der Waals surface area (Å²) in [6, 6.07) is 8.19. The minimum absolute atomic E-state index is 0.135. The van der Waals surface area contributed by atoms with Crippen LogP contribution in [0.25, 0.3) is 0 Å². The summed E-state index contributed by atoms with van der Waals surface area (Å²) in [4.78, 5) is 0. The molecule has 0 saturated carbocycles. The number of ether oxygens (including phenoxy) is 2. The Morgan fingerprint density at radius 3 is 2.72 bits per heavy atom. The molecule has 18 heavy (non-hydrogen) atoms. The van der Waals surface area contributed by atoms with Gasteiger partial charge in [-0.1, -0.05) is 12.1 Å². The van der Waals surface area contributed by atoms with E-state index in [1.807, 2.05) is 32.0 Å². The molecule has 0 bridgehead atoms. The van der Waals surface area contributed by atoms with Crippen LogP contribution in [0.2, 0.25) is 0 Å². The fourth-order valence-electron chi connectivity index (χ4n) is 1.85. The molecule has 1 atom stereocenters. The summed E-state index contributed by atoms with van der Waals surface area (Å²) in [6.45, 7) is 4.79. The van der Waals surface area contributed by atoms with Gasteiger partial charge in [-0.05, 0) is 44.4 Å². The van der Waals surface area contributed by atoms with Gasteiger partial charge in [0.25, 0.3) is 0 Å². The second-order valence-corrected chi connectivity index (χ2v) is 4.59. The van der Waals surface area contributed by atoms with Crippen molar-refractivity contribution in [3.63, 3.8) is 0 Å². The van der Waals surface area contributed by atoms with Crippen molar-refractivity contribution in [2.24, 2.45) is 5.84 Å². The lowest BCUT2D eigenvalue weighted by Crippen LogP contribution is -2.28. The first-order chi connectivity index (χ1) is 8.67. The first-order valence-corrected chi connectivity index (χ1v) is 6.39. The molecule has 4 heteroatoms. The second kappa shape index (κ2) is 8.08. The Bertz CT molecular complexity index is 342. The third-order valence-electron chi connectivity index (χ3n) is 2.67. The average molecular weight is 252 g/mol. The van der Waals surface area contributed by atoms with Gasteiger partial charge in [-0.2, -0.15) is 0 Å². The molecule has 0 aliphatic rings. The van der Waals surface area contributed by atoms with Gasteiger partial charge in [0.2, 0.25) is 0 Å². The number of nitrogens with two attached hydrogens (primary N) is 1. The van der Waals surface area contributed by atoms with Gasteiger partial charge in [0.15, 0.2) is 0 Å². The van der Waals surface area contributed by atoms with E-state index in [0.29, 0.717) is 0 Å². The Balaban J connectivity index is 2.66. The normalized spacial score (nSPS) is 12.7.